The highest BCUT2D eigenvalue weighted by molar-refractivity contribution is 5.87. The minimum atomic E-state index is -4.71. The minimum absolute atomic E-state index is 0.0407. The van der Waals surface area contributed by atoms with Gasteiger partial charge in [0.25, 0.3) is 0 Å². The molecule has 3 aromatic carbocycles. The number of halogens is 7. The molecule has 0 saturated heterocycles. The summed E-state index contributed by atoms with van der Waals surface area (Å²) in [6, 6.07) is 17.0. The van der Waals surface area contributed by atoms with Crippen molar-refractivity contribution in [1.29, 1.82) is 0 Å². The van der Waals surface area contributed by atoms with E-state index in [4.69, 9.17) is 9.47 Å². The van der Waals surface area contributed by atoms with Crippen LogP contribution in [0.15, 0.2) is 84.9 Å². The van der Waals surface area contributed by atoms with Gasteiger partial charge in [0.05, 0.1) is 11.3 Å². The van der Waals surface area contributed by atoms with Gasteiger partial charge in [-0.25, -0.2) is 27.3 Å². The number of benzene rings is 3. The number of rotatable bonds is 8. The highest BCUT2D eigenvalue weighted by Gasteiger charge is 2.32. The molecule has 5 aromatic rings. The van der Waals surface area contributed by atoms with Crippen LogP contribution < -0.4 is 4.74 Å². The summed E-state index contributed by atoms with van der Waals surface area (Å²) in [5.41, 5.74) is -0.872. The third-order valence-corrected chi connectivity index (χ3v) is 6.64. The van der Waals surface area contributed by atoms with Gasteiger partial charge in [0, 0.05) is 22.4 Å². The average Bonchev–Trinajstić information content (AvgIpc) is 3.39. The number of hydrogen-bond acceptors (Lipinski definition) is 4. The highest BCUT2D eigenvalue weighted by atomic mass is 19.4. The van der Waals surface area contributed by atoms with Crippen molar-refractivity contribution in [1.82, 2.24) is 9.55 Å². The lowest BCUT2D eigenvalue weighted by molar-refractivity contribution is -0.137. The van der Waals surface area contributed by atoms with Crippen LogP contribution in [0.5, 0.6) is 5.75 Å². The lowest BCUT2D eigenvalue weighted by Gasteiger charge is -2.18. The Morgan fingerprint density at radius 3 is 2.09 bits per heavy atom. The van der Waals surface area contributed by atoms with E-state index in [-0.39, 0.29) is 39.6 Å². The van der Waals surface area contributed by atoms with Gasteiger partial charge < -0.3 is 9.47 Å². The molecule has 0 aliphatic heterocycles. The SMILES string of the molecule is Cc1ccc(-c2cc(C(F)(F)F)ccc2OCc2cccc(F)c2F)n1-c1cccc(C(=O)OCc2cccc(F)c2F)n1. The summed E-state index contributed by atoms with van der Waals surface area (Å²) >= 11 is 0. The molecule has 0 atom stereocenters. The van der Waals surface area contributed by atoms with Gasteiger partial charge in [0.2, 0.25) is 0 Å². The molecule has 0 radical (unpaired) electrons. The van der Waals surface area contributed by atoms with Crippen molar-refractivity contribution in [3.63, 3.8) is 0 Å². The van der Waals surface area contributed by atoms with E-state index in [9.17, 15) is 35.5 Å². The zero-order valence-electron chi connectivity index (χ0n) is 22.8. The summed E-state index contributed by atoms with van der Waals surface area (Å²) < 4.78 is 109. The van der Waals surface area contributed by atoms with Crippen LogP contribution in [0.4, 0.5) is 30.7 Å². The monoisotopic (exact) mass is 614 g/mol. The molecule has 2 aromatic heterocycles. The Morgan fingerprint density at radius 1 is 0.795 bits per heavy atom. The fourth-order valence-electron chi connectivity index (χ4n) is 4.44. The van der Waals surface area contributed by atoms with Crippen molar-refractivity contribution in [2.75, 3.05) is 0 Å². The number of carbonyl (C=O) groups excluding carboxylic acids is 1. The van der Waals surface area contributed by atoms with Crippen molar-refractivity contribution < 1.29 is 45.0 Å². The van der Waals surface area contributed by atoms with Crippen molar-refractivity contribution in [2.24, 2.45) is 0 Å². The van der Waals surface area contributed by atoms with E-state index in [1.54, 1.807) is 13.0 Å². The second kappa shape index (κ2) is 12.2. The molecule has 0 unspecified atom stereocenters. The quantitative estimate of drug-likeness (QED) is 0.130. The highest BCUT2D eigenvalue weighted by Crippen LogP contribution is 2.39. The summed E-state index contributed by atoms with van der Waals surface area (Å²) in [6.45, 7) is 0.602. The van der Waals surface area contributed by atoms with E-state index in [1.807, 2.05) is 0 Å². The van der Waals surface area contributed by atoms with Gasteiger partial charge in [0.15, 0.2) is 29.0 Å². The zero-order valence-corrected chi connectivity index (χ0v) is 22.8. The van der Waals surface area contributed by atoms with Gasteiger partial charge in [-0.2, -0.15) is 13.2 Å². The second-order valence-corrected chi connectivity index (χ2v) is 9.58. The Bertz CT molecular complexity index is 1850. The molecule has 0 aliphatic carbocycles. The molecule has 0 aliphatic rings. The molecule has 0 N–H and O–H groups in total. The first-order chi connectivity index (χ1) is 20.9. The van der Waals surface area contributed by atoms with Crippen LogP contribution >= 0.6 is 0 Å². The van der Waals surface area contributed by atoms with Crippen LogP contribution in [0, 0.1) is 30.2 Å². The molecular formula is C32H21F7N2O3. The molecule has 0 saturated carbocycles. The summed E-state index contributed by atoms with van der Waals surface area (Å²) in [5, 5.41) is 0. The van der Waals surface area contributed by atoms with E-state index < -0.39 is 54.2 Å². The van der Waals surface area contributed by atoms with Crippen molar-refractivity contribution in [3.8, 4) is 22.8 Å². The molecule has 5 rings (SSSR count). The first kappa shape index (κ1) is 30.3. The van der Waals surface area contributed by atoms with Crippen LogP contribution in [-0.2, 0) is 24.1 Å². The maximum atomic E-state index is 14.2. The molecule has 0 fully saturated rings. The van der Waals surface area contributed by atoms with Gasteiger partial charge in [0.1, 0.15) is 24.8 Å². The Labute approximate surface area is 246 Å². The zero-order chi connectivity index (χ0) is 31.6. The smallest absolute Gasteiger partial charge is 0.416 e. The number of hydrogen-bond donors (Lipinski definition) is 0. The van der Waals surface area contributed by atoms with E-state index in [2.05, 4.69) is 4.98 Å². The fourth-order valence-corrected chi connectivity index (χ4v) is 4.44. The topological polar surface area (TPSA) is 53.4 Å². The van der Waals surface area contributed by atoms with Gasteiger partial charge in [-0.05, 0) is 61.5 Å². The first-order valence-corrected chi connectivity index (χ1v) is 13.0. The summed E-state index contributed by atoms with van der Waals surface area (Å²) in [7, 11) is 0. The van der Waals surface area contributed by atoms with Crippen LogP contribution in [-0.4, -0.2) is 15.5 Å². The summed E-state index contributed by atoms with van der Waals surface area (Å²) in [4.78, 5) is 17.0. The summed E-state index contributed by atoms with van der Waals surface area (Å²) in [5.74, 6) is -5.41. The lowest BCUT2D eigenvalue weighted by atomic mass is 10.1. The predicted octanol–water partition coefficient (Wildman–Crippen LogP) is 8.36. The second-order valence-electron chi connectivity index (χ2n) is 9.58. The Balaban J connectivity index is 1.50. The third-order valence-electron chi connectivity index (χ3n) is 6.64. The molecule has 2 heterocycles. The van der Waals surface area contributed by atoms with Crippen LogP contribution in [0.1, 0.15) is 32.9 Å². The normalized spacial score (nSPS) is 11.5. The maximum absolute atomic E-state index is 14.2. The van der Waals surface area contributed by atoms with E-state index in [0.29, 0.717) is 5.69 Å². The molecule has 0 amide bonds. The number of ether oxygens (including phenoxy) is 2. The third kappa shape index (κ3) is 6.29. The first-order valence-electron chi connectivity index (χ1n) is 13.0. The van der Waals surface area contributed by atoms with Crippen LogP contribution in [0.25, 0.3) is 17.1 Å². The van der Waals surface area contributed by atoms with Crippen molar-refractivity contribution in [2.45, 2.75) is 26.3 Å². The number of pyridine rings is 1. The molecule has 12 heteroatoms. The predicted molar refractivity (Wildman–Crippen MR) is 145 cm³/mol. The Morgan fingerprint density at radius 2 is 1.43 bits per heavy atom. The molecule has 5 nitrogen and oxygen atoms in total. The number of aromatic nitrogens is 2. The maximum Gasteiger partial charge on any atom is 0.416 e. The number of alkyl halides is 3. The summed E-state index contributed by atoms with van der Waals surface area (Å²) in [6.07, 6.45) is -4.71. The fraction of sp³-hybridized carbons (Fsp3) is 0.125. The van der Waals surface area contributed by atoms with Gasteiger partial charge in [-0.1, -0.05) is 30.3 Å². The van der Waals surface area contributed by atoms with Crippen LogP contribution in [0.3, 0.4) is 0 Å². The van der Waals surface area contributed by atoms with Crippen LogP contribution in [0.2, 0.25) is 0 Å². The molecule has 226 valence electrons. The van der Waals surface area contributed by atoms with E-state index in [1.165, 1.54) is 53.1 Å². The van der Waals surface area contributed by atoms with E-state index in [0.717, 1.165) is 30.3 Å². The molecule has 0 bridgehead atoms. The molecule has 44 heavy (non-hydrogen) atoms. The van der Waals surface area contributed by atoms with Crippen molar-refractivity contribution in [3.05, 3.63) is 136 Å². The van der Waals surface area contributed by atoms with Crippen molar-refractivity contribution >= 4 is 5.97 Å². The lowest BCUT2D eigenvalue weighted by Crippen LogP contribution is -2.11. The Hall–Kier alpha value is -5.13. The largest absolute Gasteiger partial charge is 0.488 e. The number of carbonyl (C=O) groups is 1. The number of nitrogens with zero attached hydrogens (tertiary/aromatic N) is 2. The molecule has 0 spiro atoms. The van der Waals surface area contributed by atoms with Gasteiger partial charge in [-0.15, -0.1) is 0 Å². The molecular weight excluding hydrogens is 593 g/mol. The van der Waals surface area contributed by atoms with Gasteiger partial charge >= 0.3 is 12.1 Å². The standard InChI is InChI=1S/C32H21F7N2O3/c1-18-11-13-26(22-15-21(32(37,38)39)12-14-27(22)43-16-19-5-2-7-23(33)29(19)35)41(18)28-10-4-9-25(40-28)31(42)44-17-20-6-3-8-24(34)30(20)36/h2-15H,16-17H2,1H3. The number of aryl methyl sites for hydroxylation is 1. The van der Waals surface area contributed by atoms with E-state index >= 15 is 0 Å². The average molecular weight is 615 g/mol. The minimum Gasteiger partial charge on any atom is -0.488 e. The Kier molecular flexibility index (Phi) is 8.43. The number of esters is 1. The van der Waals surface area contributed by atoms with Gasteiger partial charge in [-0.3, -0.25) is 4.57 Å².